The molecule has 0 aliphatic carbocycles. The van der Waals surface area contributed by atoms with Gasteiger partial charge >= 0.3 is 6.03 Å². The number of methoxy groups -OCH3 is 1. The molecule has 25 heteroatoms. The zero-order valence-electron chi connectivity index (χ0n) is 36.9. The highest BCUT2D eigenvalue weighted by Crippen LogP contribution is 2.33. The van der Waals surface area contributed by atoms with Crippen molar-refractivity contribution in [1.29, 1.82) is 0 Å². The lowest BCUT2D eigenvalue weighted by atomic mass is 10.0. The van der Waals surface area contributed by atoms with Gasteiger partial charge in [0.1, 0.15) is 23.9 Å². The second-order valence-electron chi connectivity index (χ2n) is 16.1. The molecule has 2 saturated heterocycles. The molecule has 12 N–H and O–H groups in total. The maximum absolute atomic E-state index is 13.5. The first-order valence-corrected chi connectivity index (χ1v) is 23.8. The number of amides is 10. The van der Waals surface area contributed by atoms with Gasteiger partial charge in [-0.2, -0.15) is 11.8 Å². The topological polar surface area (TPSA) is 352 Å². The molecule has 0 spiro atoms. The van der Waals surface area contributed by atoms with Gasteiger partial charge in [0.25, 0.3) is 0 Å². The highest BCUT2D eigenvalue weighted by molar-refractivity contribution is 8.00. The molecule has 0 saturated carbocycles. The monoisotopic (exact) mass is 954 g/mol. The Labute approximate surface area is 381 Å². The predicted octanol–water partition coefficient (Wildman–Crippen LogP) is -2.02. The van der Waals surface area contributed by atoms with Crippen LogP contribution in [0.25, 0.3) is 0 Å². The van der Waals surface area contributed by atoms with Crippen LogP contribution < -0.4 is 58.5 Å². The quantitative estimate of drug-likeness (QED) is 0.0187. The number of rotatable bonds is 28. The molecular weight excluding hydrogens is 893 g/mol. The lowest BCUT2D eigenvalue weighted by Crippen LogP contribution is -2.56. The Morgan fingerprint density at radius 3 is 2.15 bits per heavy atom. The van der Waals surface area contributed by atoms with Gasteiger partial charge in [0.15, 0.2) is 15.1 Å². The largest absolute Gasteiger partial charge is 0.497 e. The van der Waals surface area contributed by atoms with Gasteiger partial charge in [-0.1, -0.05) is 20.3 Å². The smallest absolute Gasteiger partial charge is 0.315 e. The van der Waals surface area contributed by atoms with Crippen LogP contribution in [0.1, 0.15) is 78.6 Å². The minimum Gasteiger partial charge on any atom is -0.497 e. The Kier molecular flexibility index (Phi) is 21.7. The molecule has 0 aromatic heterocycles. The summed E-state index contributed by atoms with van der Waals surface area (Å²) in [4.78, 5) is 112. The highest BCUT2D eigenvalue weighted by atomic mass is 32.2. The number of fused-ring (bicyclic) bond motifs is 1. The number of nitrogens with one attached hydrogen (secondary N) is 9. The van der Waals surface area contributed by atoms with E-state index in [-0.39, 0.29) is 47.7 Å². The number of carbonyl (C=O) groups excluding carboxylic acids is 9. The summed E-state index contributed by atoms with van der Waals surface area (Å²) >= 11 is 1.82. The number of carbonyl (C=O) groups is 9. The molecule has 2 fully saturated rings. The SMILES string of the molecule is COc1ccc(S(=O)(=O)C(CC(=O)NO)C(=O)N[C@@H](CC(C)C)C(=O)N[C@@H](C)C(=O)NCC(=O)NCC(=O)N[C@@H](CCCCNC(=O)CCCC[C@@H]2SC[C@@H]3NC(=O)N[C@@H]32)C(N)=O)cc1. The molecule has 362 valence electrons. The predicted molar refractivity (Wildman–Crippen MR) is 235 cm³/mol. The molecule has 0 bridgehead atoms. The summed E-state index contributed by atoms with van der Waals surface area (Å²) in [5.41, 5.74) is 6.76. The summed E-state index contributed by atoms with van der Waals surface area (Å²) in [7, 11) is -3.19. The van der Waals surface area contributed by atoms with E-state index in [2.05, 4.69) is 42.5 Å². The number of ether oxygens (including phenoxy) is 1. The van der Waals surface area contributed by atoms with Crippen LogP contribution in [0.15, 0.2) is 29.2 Å². The van der Waals surface area contributed by atoms with Gasteiger partial charge in [0.05, 0.1) is 43.6 Å². The number of sulfone groups is 1. The first-order chi connectivity index (χ1) is 30.7. The van der Waals surface area contributed by atoms with Crippen LogP contribution in [0.4, 0.5) is 4.79 Å². The molecular formula is C40H62N10O13S2. The van der Waals surface area contributed by atoms with Crippen LogP contribution in [-0.2, 0) is 48.2 Å². The first-order valence-electron chi connectivity index (χ1n) is 21.3. The second-order valence-corrected chi connectivity index (χ2v) is 19.5. The number of primary amides is 1. The van der Waals surface area contributed by atoms with Crippen molar-refractivity contribution >= 4 is 74.9 Å². The van der Waals surface area contributed by atoms with Crippen LogP contribution >= 0.6 is 11.8 Å². The van der Waals surface area contributed by atoms with Gasteiger partial charge in [-0.25, -0.2) is 18.7 Å². The van der Waals surface area contributed by atoms with E-state index in [0.29, 0.717) is 43.2 Å². The maximum atomic E-state index is 13.5. The van der Waals surface area contributed by atoms with E-state index in [1.807, 2.05) is 11.8 Å². The van der Waals surface area contributed by atoms with Crippen molar-refractivity contribution in [2.24, 2.45) is 11.7 Å². The van der Waals surface area contributed by atoms with E-state index in [0.717, 1.165) is 18.6 Å². The van der Waals surface area contributed by atoms with Crippen LogP contribution in [0.2, 0.25) is 0 Å². The van der Waals surface area contributed by atoms with Crippen molar-refractivity contribution in [3.8, 4) is 5.75 Å². The summed E-state index contributed by atoms with van der Waals surface area (Å²) in [6, 6.07) is 1.46. The number of thioether (sulfide) groups is 1. The van der Waals surface area contributed by atoms with Crippen molar-refractivity contribution in [3.05, 3.63) is 24.3 Å². The van der Waals surface area contributed by atoms with Crippen molar-refractivity contribution < 1.29 is 61.5 Å². The fourth-order valence-electron chi connectivity index (χ4n) is 6.99. The summed E-state index contributed by atoms with van der Waals surface area (Å²) in [6.45, 7) is 3.92. The molecule has 23 nitrogen and oxygen atoms in total. The molecule has 2 aliphatic rings. The van der Waals surface area contributed by atoms with Crippen molar-refractivity contribution in [2.75, 3.05) is 32.5 Å². The number of hydrogen-bond donors (Lipinski definition) is 11. The Morgan fingerprint density at radius 1 is 0.815 bits per heavy atom. The molecule has 7 atom stereocenters. The third-order valence-electron chi connectivity index (χ3n) is 10.5. The van der Waals surface area contributed by atoms with Crippen LogP contribution in [0.3, 0.4) is 0 Å². The first kappa shape index (κ1) is 53.6. The zero-order chi connectivity index (χ0) is 48.3. The number of unbranched alkanes of at least 4 members (excludes halogenated alkanes) is 2. The van der Waals surface area contributed by atoms with E-state index in [1.54, 1.807) is 13.8 Å². The molecule has 1 aromatic rings. The summed E-state index contributed by atoms with van der Waals surface area (Å²) < 4.78 is 32.0. The molecule has 2 aliphatic heterocycles. The molecule has 1 unspecified atom stereocenters. The van der Waals surface area contributed by atoms with E-state index < -0.39 is 94.1 Å². The normalized spacial score (nSPS) is 18.3. The fourth-order valence-corrected chi connectivity index (χ4v) is 10.1. The molecule has 2 heterocycles. The zero-order valence-corrected chi connectivity index (χ0v) is 38.5. The van der Waals surface area contributed by atoms with Crippen molar-refractivity contribution in [3.63, 3.8) is 0 Å². The van der Waals surface area contributed by atoms with Crippen LogP contribution in [0, 0.1) is 5.92 Å². The van der Waals surface area contributed by atoms with Crippen LogP contribution in [-0.4, -0.2) is 140 Å². The Bertz CT molecular complexity index is 1970. The van der Waals surface area contributed by atoms with E-state index in [1.165, 1.54) is 43.8 Å². The fraction of sp³-hybridized carbons (Fsp3) is 0.625. The highest BCUT2D eigenvalue weighted by Gasteiger charge is 2.42. The molecule has 1 aromatic carbocycles. The molecule has 65 heavy (non-hydrogen) atoms. The molecule has 10 amide bonds. The van der Waals surface area contributed by atoms with Crippen molar-refractivity contribution in [2.45, 2.75) is 124 Å². The summed E-state index contributed by atoms with van der Waals surface area (Å²) in [5.74, 6) is -5.54. The van der Waals surface area contributed by atoms with Gasteiger partial charge in [-0.05, 0) is 75.6 Å². The third kappa shape index (κ3) is 17.7. The van der Waals surface area contributed by atoms with Crippen molar-refractivity contribution in [1.82, 2.24) is 48.0 Å². The Morgan fingerprint density at radius 2 is 1.51 bits per heavy atom. The summed E-state index contributed by atoms with van der Waals surface area (Å²) in [5, 5.41) is 27.9. The van der Waals surface area contributed by atoms with Gasteiger partial charge in [-0.3, -0.25) is 43.6 Å². The average molecular weight is 955 g/mol. The second kappa shape index (κ2) is 26.3. The Balaban J connectivity index is 1.38. The lowest BCUT2D eigenvalue weighted by Gasteiger charge is -2.25. The van der Waals surface area contributed by atoms with Crippen LogP contribution in [0.5, 0.6) is 5.75 Å². The van der Waals surface area contributed by atoms with Gasteiger partial charge in [0, 0.05) is 24.0 Å². The third-order valence-corrected chi connectivity index (χ3v) is 14.1. The lowest BCUT2D eigenvalue weighted by molar-refractivity contribution is -0.134. The molecule has 3 rings (SSSR count). The van der Waals surface area contributed by atoms with E-state index in [4.69, 9.17) is 15.7 Å². The van der Waals surface area contributed by atoms with Gasteiger partial charge in [0.2, 0.25) is 47.3 Å². The van der Waals surface area contributed by atoms with Gasteiger partial charge in [-0.15, -0.1) is 0 Å². The number of hydrogen-bond acceptors (Lipinski definition) is 14. The number of benzene rings is 1. The standard InChI is InChI=1S/C40H62N10O13S2/c1-22(2)17-27(47-39(58)30(18-32(52)50-60)65(61,62)25-14-12-24(63-4)13-15-25)38(57)45-23(3)37(56)44-19-33(53)43-20-34(54)46-26(36(41)55)9-7-8-16-42-31(51)11-6-5-10-29-35-28(21-64-29)48-40(59)49-35/h12-15,22-23,26-30,35,60H,5-11,16-21H2,1-4H3,(H2,41,55)(H,42,51)(H,43,53)(H,44,56)(H,45,57)(H,46,54)(H,47,58)(H,50,52)(H2,48,49,59)/t23-,26-,27-,28-,29-,30?,35-/m0/s1. The number of nitrogens with two attached hydrogens (primary N) is 1. The van der Waals surface area contributed by atoms with E-state index in [9.17, 15) is 51.6 Å². The average Bonchev–Trinajstić information content (AvgIpc) is 3.82. The van der Waals surface area contributed by atoms with E-state index >= 15 is 0 Å². The summed E-state index contributed by atoms with van der Waals surface area (Å²) in [6.07, 6.45) is 2.98. The number of urea groups is 1. The number of hydroxylamine groups is 1. The maximum Gasteiger partial charge on any atom is 0.315 e. The Hall–Kier alpha value is -5.69. The minimum absolute atomic E-state index is 0.0164. The minimum atomic E-state index is -4.56. The van der Waals surface area contributed by atoms with Gasteiger partial charge < -0.3 is 53.0 Å². The molecule has 0 radical (unpaired) electrons.